The van der Waals surface area contributed by atoms with Gasteiger partial charge in [-0.2, -0.15) is 0 Å². The lowest BCUT2D eigenvalue weighted by Gasteiger charge is -2.37. The minimum atomic E-state index is -0.568. The van der Waals surface area contributed by atoms with Gasteiger partial charge in [0.1, 0.15) is 12.2 Å². The van der Waals surface area contributed by atoms with Gasteiger partial charge in [-0.15, -0.1) is 0 Å². The van der Waals surface area contributed by atoms with E-state index in [1.54, 1.807) is 9.80 Å². The molecule has 0 aliphatic carbocycles. The number of β-amino-alcohol motifs (C(OH)–C–C–N with tert-alkyl or cyclic N) is 1. The predicted molar refractivity (Wildman–Crippen MR) is 108 cm³/mol. The summed E-state index contributed by atoms with van der Waals surface area (Å²) < 4.78 is 10.9. The Hall–Kier alpha value is -2.28. The molecule has 2 aliphatic rings. The molecule has 2 heterocycles. The van der Waals surface area contributed by atoms with Crippen molar-refractivity contribution in [2.24, 2.45) is 5.92 Å². The van der Waals surface area contributed by atoms with E-state index < -0.39 is 11.7 Å². The van der Waals surface area contributed by atoms with E-state index in [1.165, 1.54) is 0 Å². The Kier molecular flexibility index (Phi) is 6.67. The van der Waals surface area contributed by atoms with Crippen LogP contribution in [0.2, 0.25) is 0 Å². The van der Waals surface area contributed by atoms with Crippen molar-refractivity contribution in [3.05, 3.63) is 35.9 Å². The number of hydrogen-bond acceptors (Lipinski definition) is 5. The van der Waals surface area contributed by atoms with E-state index in [1.807, 2.05) is 51.1 Å². The quantitative estimate of drug-likeness (QED) is 0.835. The Balaban J connectivity index is 1.51. The Labute approximate surface area is 172 Å². The molecule has 0 bridgehead atoms. The summed E-state index contributed by atoms with van der Waals surface area (Å²) in [6, 6.07) is 9.56. The first-order valence-electron chi connectivity index (χ1n) is 10.4. The zero-order valence-corrected chi connectivity index (χ0v) is 17.5. The van der Waals surface area contributed by atoms with Crippen molar-refractivity contribution in [1.82, 2.24) is 9.80 Å². The number of carbonyl (C=O) groups excluding carboxylic acids is 2. The van der Waals surface area contributed by atoms with Crippen molar-refractivity contribution in [3.8, 4) is 0 Å². The fourth-order valence-electron chi connectivity index (χ4n) is 4.10. The Bertz CT molecular complexity index is 695. The van der Waals surface area contributed by atoms with E-state index in [4.69, 9.17) is 9.47 Å². The number of benzene rings is 1. The number of hydrogen-bond donors (Lipinski definition) is 1. The number of aliphatic hydroxyl groups is 1. The highest BCUT2D eigenvalue weighted by atomic mass is 16.6. The first-order valence-corrected chi connectivity index (χ1v) is 10.4. The van der Waals surface area contributed by atoms with Gasteiger partial charge in [-0.1, -0.05) is 30.3 Å². The lowest BCUT2D eigenvalue weighted by Crippen LogP contribution is -2.47. The van der Waals surface area contributed by atoms with Crippen LogP contribution < -0.4 is 0 Å². The lowest BCUT2D eigenvalue weighted by atomic mass is 9.88. The molecule has 160 valence electrons. The van der Waals surface area contributed by atoms with Gasteiger partial charge in [0.25, 0.3) is 0 Å². The van der Waals surface area contributed by atoms with Crippen LogP contribution in [0, 0.1) is 5.92 Å². The molecule has 1 aromatic carbocycles. The van der Waals surface area contributed by atoms with Crippen LogP contribution in [-0.2, 0) is 16.1 Å². The van der Waals surface area contributed by atoms with Crippen molar-refractivity contribution >= 4 is 12.2 Å². The average Bonchev–Trinajstić information content (AvgIpc) is 3.08. The molecule has 7 nitrogen and oxygen atoms in total. The number of piperidine rings is 1. The molecule has 7 heteroatoms. The SMILES string of the molecule is CC(C)(C)OC(=O)N1CC(O)CC1C1CCN(C(=O)OCc2ccccc2)CC1. The van der Waals surface area contributed by atoms with Gasteiger partial charge in [-0.05, 0) is 51.5 Å². The molecule has 2 aliphatic heterocycles. The number of nitrogens with zero attached hydrogens (tertiary/aromatic N) is 2. The molecule has 1 N–H and O–H groups in total. The third-order valence-corrected chi connectivity index (χ3v) is 5.50. The molecule has 2 atom stereocenters. The number of rotatable bonds is 3. The highest BCUT2D eigenvalue weighted by Crippen LogP contribution is 2.32. The van der Waals surface area contributed by atoms with E-state index in [9.17, 15) is 14.7 Å². The highest BCUT2D eigenvalue weighted by Gasteiger charge is 2.42. The molecule has 2 fully saturated rings. The van der Waals surface area contributed by atoms with Gasteiger partial charge in [0.2, 0.25) is 0 Å². The van der Waals surface area contributed by atoms with E-state index in [0.29, 0.717) is 26.1 Å². The number of likely N-dealkylation sites (tertiary alicyclic amines) is 2. The highest BCUT2D eigenvalue weighted by molar-refractivity contribution is 5.69. The molecular formula is C22H32N2O5. The largest absolute Gasteiger partial charge is 0.445 e. The average molecular weight is 405 g/mol. The maximum absolute atomic E-state index is 12.6. The van der Waals surface area contributed by atoms with Crippen LogP contribution in [0.15, 0.2) is 30.3 Å². The summed E-state index contributed by atoms with van der Waals surface area (Å²) >= 11 is 0. The van der Waals surface area contributed by atoms with Crippen LogP contribution in [0.1, 0.15) is 45.6 Å². The zero-order chi connectivity index (χ0) is 21.0. The van der Waals surface area contributed by atoms with Crippen molar-refractivity contribution in [2.45, 2.75) is 64.4 Å². The summed E-state index contributed by atoms with van der Waals surface area (Å²) in [5.41, 5.74) is 0.393. The molecule has 3 rings (SSSR count). The maximum atomic E-state index is 12.6. The molecule has 0 spiro atoms. The van der Waals surface area contributed by atoms with Crippen LogP contribution in [0.25, 0.3) is 0 Å². The van der Waals surface area contributed by atoms with Crippen LogP contribution >= 0.6 is 0 Å². The first-order chi connectivity index (χ1) is 13.7. The van der Waals surface area contributed by atoms with E-state index in [2.05, 4.69) is 0 Å². The third kappa shape index (κ3) is 5.85. The molecular weight excluding hydrogens is 372 g/mol. The normalized spacial score (nSPS) is 23.2. The second kappa shape index (κ2) is 9.03. The van der Waals surface area contributed by atoms with Crippen molar-refractivity contribution < 1.29 is 24.2 Å². The standard InChI is InChI=1S/C22H32N2O5/c1-22(2,3)29-21(27)24-14-18(25)13-19(24)17-9-11-23(12-10-17)20(26)28-15-16-7-5-4-6-8-16/h4-8,17-19,25H,9-15H2,1-3H3. The summed E-state index contributed by atoms with van der Waals surface area (Å²) in [6.07, 6.45) is 0.907. The van der Waals surface area contributed by atoms with Gasteiger partial charge in [0.15, 0.2) is 0 Å². The topological polar surface area (TPSA) is 79.3 Å². The molecule has 0 aromatic heterocycles. The third-order valence-electron chi connectivity index (χ3n) is 5.50. The summed E-state index contributed by atoms with van der Waals surface area (Å²) in [6.45, 7) is 7.27. The van der Waals surface area contributed by atoms with Gasteiger partial charge < -0.3 is 24.4 Å². The first kappa shape index (κ1) is 21.4. The van der Waals surface area contributed by atoms with Crippen LogP contribution in [-0.4, -0.2) is 64.5 Å². The van der Waals surface area contributed by atoms with Gasteiger partial charge in [0.05, 0.1) is 12.6 Å². The summed E-state index contributed by atoms with van der Waals surface area (Å²) in [4.78, 5) is 28.3. The monoisotopic (exact) mass is 404 g/mol. The van der Waals surface area contributed by atoms with Gasteiger partial charge in [-0.25, -0.2) is 9.59 Å². The second-order valence-corrected chi connectivity index (χ2v) is 8.95. The smallest absolute Gasteiger partial charge is 0.410 e. The number of ether oxygens (including phenoxy) is 2. The van der Waals surface area contributed by atoms with Gasteiger partial charge in [0, 0.05) is 19.1 Å². The second-order valence-electron chi connectivity index (χ2n) is 8.95. The van der Waals surface area contributed by atoms with Crippen LogP contribution in [0.4, 0.5) is 9.59 Å². The van der Waals surface area contributed by atoms with E-state index >= 15 is 0 Å². The molecule has 2 saturated heterocycles. The molecule has 29 heavy (non-hydrogen) atoms. The lowest BCUT2D eigenvalue weighted by molar-refractivity contribution is 0.0117. The van der Waals surface area contributed by atoms with E-state index in [-0.39, 0.29) is 30.8 Å². The van der Waals surface area contributed by atoms with Crippen LogP contribution in [0.3, 0.4) is 0 Å². The van der Waals surface area contributed by atoms with Crippen molar-refractivity contribution in [3.63, 3.8) is 0 Å². The van der Waals surface area contributed by atoms with Gasteiger partial charge in [-0.3, -0.25) is 0 Å². The maximum Gasteiger partial charge on any atom is 0.410 e. The fraction of sp³-hybridized carbons (Fsp3) is 0.636. The molecule has 0 radical (unpaired) electrons. The molecule has 2 amide bonds. The number of carbonyl (C=O) groups is 2. The predicted octanol–water partition coefficient (Wildman–Crippen LogP) is 3.41. The van der Waals surface area contributed by atoms with Gasteiger partial charge >= 0.3 is 12.2 Å². The minimum Gasteiger partial charge on any atom is -0.445 e. The van der Waals surface area contributed by atoms with Crippen LogP contribution in [0.5, 0.6) is 0 Å². The number of amides is 2. The molecule has 2 unspecified atom stereocenters. The number of aliphatic hydroxyl groups excluding tert-OH is 1. The minimum absolute atomic E-state index is 0.0534. The zero-order valence-electron chi connectivity index (χ0n) is 17.5. The summed E-state index contributed by atoms with van der Waals surface area (Å²) in [5.74, 6) is 0.234. The Morgan fingerprint density at radius 2 is 1.76 bits per heavy atom. The van der Waals surface area contributed by atoms with Crippen molar-refractivity contribution in [1.29, 1.82) is 0 Å². The molecule has 0 saturated carbocycles. The van der Waals surface area contributed by atoms with Crippen molar-refractivity contribution in [2.75, 3.05) is 19.6 Å². The Morgan fingerprint density at radius 1 is 1.10 bits per heavy atom. The Morgan fingerprint density at radius 3 is 2.38 bits per heavy atom. The molecule has 1 aromatic rings. The summed E-state index contributed by atoms with van der Waals surface area (Å²) in [7, 11) is 0. The summed E-state index contributed by atoms with van der Waals surface area (Å²) in [5, 5.41) is 10.1. The van der Waals surface area contributed by atoms with E-state index in [0.717, 1.165) is 18.4 Å². The fourth-order valence-corrected chi connectivity index (χ4v) is 4.10.